The number of hydrogen-bond acceptors (Lipinski definition) is 6. The first-order valence-corrected chi connectivity index (χ1v) is 6.71. The van der Waals surface area contributed by atoms with Crippen LogP contribution in [0.25, 0.3) is 0 Å². The third-order valence-electron chi connectivity index (χ3n) is 3.17. The Morgan fingerprint density at radius 1 is 1.17 bits per heavy atom. The summed E-state index contributed by atoms with van der Waals surface area (Å²) < 4.78 is 15.6. The maximum atomic E-state index is 12.4. The average Bonchev–Trinajstić information content (AvgIpc) is 2.60. The van der Waals surface area contributed by atoms with Crippen LogP contribution in [0.3, 0.4) is 0 Å². The molecule has 0 heterocycles. The van der Waals surface area contributed by atoms with Crippen LogP contribution in [0.5, 0.6) is 17.2 Å². The van der Waals surface area contributed by atoms with E-state index >= 15 is 0 Å². The zero-order valence-corrected chi connectivity index (χ0v) is 12.7. The Morgan fingerprint density at radius 3 is 2.52 bits per heavy atom. The molecule has 0 fully saturated rings. The first-order chi connectivity index (χ1) is 11.1. The van der Waals surface area contributed by atoms with Crippen LogP contribution >= 0.6 is 0 Å². The lowest BCUT2D eigenvalue weighted by Crippen LogP contribution is -2.11. The second-order valence-corrected chi connectivity index (χ2v) is 4.55. The van der Waals surface area contributed by atoms with Crippen LogP contribution in [-0.4, -0.2) is 25.3 Å². The number of hydrogen-bond donors (Lipinski definition) is 1. The molecular formula is C17H15NO5. The predicted molar refractivity (Wildman–Crippen MR) is 81.6 cm³/mol. The fourth-order valence-electron chi connectivity index (χ4n) is 2.04. The number of carbonyl (C=O) groups excluding carboxylic acids is 1. The van der Waals surface area contributed by atoms with Crippen molar-refractivity contribution < 1.29 is 24.1 Å². The van der Waals surface area contributed by atoms with Crippen molar-refractivity contribution in [1.82, 2.24) is 0 Å². The van der Waals surface area contributed by atoms with E-state index in [9.17, 15) is 9.90 Å². The Morgan fingerprint density at radius 2 is 1.91 bits per heavy atom. The third-order valence-corrected chi connectivity index (χ3v) is 3.17. The molecule has 0 saturated heterocycles. The molecule has 6 nitrogen and oxygen atoms in total. The van der Waals surface area contributed by atoms with Crippen molar-refractivity contribution in [2.45, 2.75) is 6.61 Å². The number of aliphatic hydroxyl groups is 1. The standard InChI is InChI=1S/C17H15NO5/c1-21-15-8-14(16(22-2)7-12(15)10-19)17(20)23-13-5-3-4-11(6-13)9-18/h3-8,19H,10H2,1-2H3. The molecule has 2 aromatic carbocycles. The van der Waals surface area contributed by atoms with Gasteiger partial charge in [-0.1, -0.05) is 6.07 Å². The fourth-order valence-corrected chi connectivity index (χ4v) is 2.04. The summed E-state index contributed by atoms with van der Waals surface area (Å²) in [6.07, 6.45) is 0. The smallest absolute Gasteiger partial charge is 0.347 e. The van der Waals surface area contributed by atoms with E-state index in [0.717, 1.165) is 0 Å². The molecule has 2 aromatic rings. The van der Waals surface area contributed by atoms with Crippen LogP contribution < -0.4 is 14.2 Å². The van der Waals surface area contributed by atoms with Gasteiger partial charge in [0.05, 0.1) is 32.5 Å². The van der Waals surface area contributed by atoms with E-state index in [0.29, 0.717) is 16.9 Å². The van der Waals surface area contributed by atoms with E-state index in [1.807, 2.05) is 6.07 Å². The van der Waals surface area contributed by atoms with Gasteiger partial charge in [0.15, 0.2) is 0 Å². The molecule has 118 valence electrons. The first-order valence-electron chi connectivity index (χ1n) is 6.71. The maximum Gasteiger partial charge on any atom is 0.347 e. The highest BCUT2D eigenvalue weighted by Gasteiger charge is 2.19. The molecule has 0 atom stereocenters. The number of ether oxygens (including phenoxy) is 3. The summed E-state index contributed by atoms with van der Waals surface area (Å²) in [6, 6.07) is 11.2. The van der Waals surface area contributed by atoms with Crippen LogP contribution in [0.2, 0.25) is 0 Å². The second kappa shape index (κ2) is 7.29. The van der Waals surface area contributed by atoms with Crippen molar-refractivity contribution in [2.75, 3.05) is 14.2 Å². The average molecular weight is 313 g/mol. The van der Waals surface area contributed by atoms with Crippen molar-refractivity contribution in [1.29, 1.82) is 5.26 Å². The van der Waals surface area contributed by atoms with Gasteiger partial charge < -0.3 is 19.3 Å². The number of esters is 1. The number of aliphatic hydroxyl groups excluding tert-OH is 1. The quantitative estimate of drug-likeness (QED) is 0.673. The first kappa shape index (κ1) is 16.3. The Kier molecular flexibility index (Phi) is 5.18. The molecule has 0 amide bonds. The molecule has 0 spiro atoms. The highest BCUT2D eigenvalue weighted by Crippen LogP contribution is 2.30. The highest BCUT2D eigenvalue weighted by atomic mass is 16.5. The lowest BCUT2D eigenvalue weighted by atomic mass is 10.1. The van der Waals surface area contributed by atoms with Gasteiger partial charge in [-0.05, 0) is 30.3 Å². The number of rotatable bonds is 5. The summed E-state index contributed by atoms with van der Waals surface area (Å²) in [6.45, 7) is -0.251. The minimum absolute atomic E-state index is 0.156. The van der Waals surface area contributed by atoms with E-state index in [-0.39, 0.29) is 23.7 Å². The van der Waals surface area contributed by atoms with Crippen molar-refractivity contribution in [2.24, 2.45) is 0 Å². The van der Waals surface area contributed by atoms with E-state index in [1.165, 1.54) is 32.4 Å². The molecule has 2 rings (SSSR count). The van der Waals surface area contributed by atoms with E-state index in [4.69, 9.17) is 19.5 Å². The number of nitriles is 1. The van der Waals surface area contributed by atoms with Gasteiger partial charge in [0.25, 0.3) is 0 Å². The van der Waals surface area contributed by atoms with Crippen LogP contribution in [0.15, 0.2) is 36.4 Å². The van der Waals surface area contributed by atoms with Crippen molar-refractivity contribution in [3.8, 4) is 23.3 Å². The number of methoxy groups -OCH3 is 2. The Bertz CT molecular complexity index is 764. The zero-order chi connectivity index (χ0) is 16.8. The molecule has 0 bridgehead atoms. The number of nitrogens with zero attached hydrogens (tertiary/aromatic N) is 1. The van der Waals surface area contributed by atoms with E-state index < -0.39 is 5.97 Å². The molecule has 0 saturated carbocycles. The molecule has 0 aliphatic carbocycles. The van der Waals surface area contributed by atoms with Crippen LogP contribution in [0, 0.1) is 11.3 Å². The molecule has 0 aliphatic heterocycles. The maximum absolute atomic E-state index is 12.4. The van der Waals surface area contributed by atoms with Crippen LogP contribution in [0.1, 0.15) is 21.5 Å². The summed E-state index contributed by atoms with van der Waals surface area (Å²) in [5.41, 5.74) is 1.03. The molecule has 0 aliphatic rings. The number of benzene rings is 2. The largest absolute Gasteiger partial charge is 0.496 e. The van der Waals surface area contributed by atoms with Crippen LogP contribution in [0.4, 0.5) is 0 Å². The van der Waals surface area contributed by atoms with E-state index in [1.54, 1.807) is 18.2 Å². The normalized spacial score (nSPS) is 9.83. The van der Waals surface area contributed by atoms with Gasteiger partial charge in [-0.2, -0.15) is 5.26 Å². The van der Waals surface area contributed by atoms with Gasteiger partial charge in [-0.25, -0.2) is 4.79 Å². The summed E-state index contributed by atoms with van der Waals surface area (Å²) >= 11 is 0. The molecular weight excluding hydrogens is 298 g/mol. The predicted octanol–water partition coefficient (Wildman–Crippen LogP) is 2.29. The minimum Gasteiger partial charge on any atom is -0.496 e. The van der Waals surface area contributed by atoms with Crippen LogP contribution in [-0.2, 0) is 6.61 Å². The van der Waals surface area contributed by atoms with Gasteiger partial charge in [0.1, 0.15) is 22.8 Å². The summed E-state index contributed by atoms with van der Waals surface area (Å²) in [4.78, 5) is 12.4. The lowest BCUT2D eigenvalue weighted by molar-refractivity contribution is 0.0730. The van der Waals surface area contributed by atoms with Crippen molar-refractivity contribution >= 4 is 5.97 Å². The monoisotopic (exact) mass is 313 g/mol. The van der Waals surface area contributed by atoms with Gasteiger partial charge >= 0.3 is 5.97 Å². The van der Waals surface area contributed by atoms with Gasteiger partial charge in [0, 0.05) is 5.56 Å². The molecule has 0 unspecified atom stereocenters. The highest BCUT2D eigenvalue weighted by molar-refractivity contribution is 5.94. The second-order valence-electron chi connectivity index (χ2n) is 4.55. The fraction of sp³-hybridized carbons (Fsp3) is 0.176. The summed E-state index contributed by atoms with van der Waals surface area (Å²) in [5, 5.41) is 18.2. The van der Waals surface area contributed by atoms with Gasteiger partial charge in [-0.3, -0.25) is 0 Å². The third kappa shape index (κ3) is 3.59. The Hall–Kier alpha value is -3.04. The van der Waals surface area contributed by atoms with Crippen molar-refractivity contribution in [3.05, 3.63) is 53.1 Å². The SMILES string of the molecule is COc1cc(C(=O)Oc2cccc(C#N)c2)c(OC)cc1CO. The molecule has 6 heteroatoms. The molecule has 0 aromatic heterocycles. The Labute approximate surface area is 133 Å². The van der Waals surface area contributed by atoms with Gasteiger partial charge in [0.2, 0.25) is 0 Å². The zero-order valence-electron chi connectivity index (χ0n) is 12.7. The van der Waals surface area contributed by atoms with Gasteiger partial charge in [-0.15, -0.1) is 0 Å². The molecule has 1 N–H and O–H groups in total. The lowest BCUT2D eigenvalue weighted by Gasteiger charge is -2.13. The van der Waals surface area contributed by atoms with Crippen molar-refractivity contribution in [3.63, 3.8) is 0 Å². The minimum atomic E-state index is -0.653. The molecule has 0 radical (unpaired) electrons. The molecule has 23 heavy (non-hydrogen) atoms. The topological polar surface area (TPSA) is 88.8 Å². The number of carbonyl (C=O) groups is 1. The summed E-state index contributed by atoms with van der Waals surface area (Å²) in [5.74, 6) is 0.211. The Balaban J connectivity index is 2.36. The van der Waals surface area contributed by atoms with E-state index in [2.05, 4.69) is 0 Å². The summed E-state index contributed by atoms with van der Waals surface area (Å²) in [7, 11) is 2.85.